The minimum absolute atomic E-state index is 0. The molecule has 0 aliphatic rings. The summed E-state index contributed by atoms with van der Waals surface area (Å²) < 4.78 is 9.95. The Bertz CT molecular complexity index is 197. The number of rotatable bonds is 3. The van der Waals surface area contributed by atoms with Gasteiger partial charge in [-0.05, 0) is 5.04 Å². The summed E-state index contributed by atoms with van der Waals surface area (Å²) in [6, 6.07) is 0. The summed E-state index contributed by atoms with van der Waals surface area (Å²) in [5.74, 6) is -0.380. The molecule has 0 saturated heterocycles. The molecule has 0 aliphatic carbocycles. The Morgan fingerprint density at radius 1 is 1.29 bits per heavy atom. The molecule has 0 aromatic carbocycles. The average Bonchev–Trinajstić information content (AvgIpc) is 1.83. The number of hydrogen-bond donors (Lipinski definition) is 0. The zero-order valence-corrected chi connectivity index (χ0v) is 11.3. The fourth-order valence-electron chi connectivity index (χ4n) is 0.525. The van der Waals surface area contributed by atoms with Crippen molar-refractivity contribution < 1.29 is 33.1 Å². The van der Waals surface area contributed by atoms with Crippen molar-refractivity contribution in [1.82, 2.24) is 0 Å². The standard InChI is InChI=1S/C9H20O3Si.Li/c1-9(2,3)13(5,6)12-8(10)7-11-4;/h7,10H,1-6H3;/q;+1/p-1/b8-7+;. The largest absolute Gasteiger partial charge is 1.00 e. The van der Waals surface area contributed by atoms with Crippen LogP contribution in [0, 0.1) is 0 Å². The number of ether oxygens (including phenoxy) is 1. The van der Waals surface area contributed by atoms with Crippen molar-refractivity contribution in [3.8, 4) is 0 Å². The Labute approximate surface area is 99.8 Å². The van der Waals surface area contributed by atoms with Crippen LogP contribution in [0.25, 0.3) is 0 Å². The fraction of sp³-hybridized carbons (Fsp3) is 0.778. The van der Waals surface area contributed by atoms with Gasteiger partial charge in [0.05, 0.1) is 13.1 Å². The number of methoxy groups -OCH3 is 1. The molecule has 0 fully saturated rings. The van der Waals surface area contributed by atoms with Crippen molar-refractivity contribution in [3.05, 3.63) is 12.2 Å². The number of hydrogen-bond acceptors (Lipinski definition) is 3. The van der Waals surface area contributed by atoms with E-state index in [-0.39, 0.29) is 29.8 Å². The maximum absolute atomic E-state index is 11.1. The van der Waals surface area contributed by atoms with Gasteiger partial charge in [0.2, 0.25) is 0 Å². The van der Waals surface area contributed by atoms with Crippen molar-refractivity contribution in [1.29, 1.82) is 0 Å². The second kappa shape index (κ2) is 5.74. The molecule has 0 unspecified atom stereocenters. The summed E-state index contributed by atoms with van der Waals surface area (Å²) in [7, 11) is -0.529. The first-order valence-corrected chi connectivity index (χ1v) is 7.20. The van der Waals surface area contributed by atoms with E-state index in [0.717, 1.165) is 6.26 Å². The van der Waals surface area contributed by atoms with Crippen LogP contribution in [-0.4, -0.2) is 15.4 Å². The molecule has 0 aromatic heterocycles. The van der Waals surface area contributed by atoms with Crippen LogP contribution >= 0.6 is 0 Å². The Balaban J connectivity index is 0. The predicted octanol–water partition coefficient (Wildman–Crippen LogP) is -1.18. The van der Waals surface area contributed by atoms with Gasteiger partial charge in [0, 0.05) is 0 Å². The van der Waals surface area contributed by atoms with E-state index in [1.54, 1.807) is 0 Å². The topological polar surface area (TPSA) is 41.5 Å². The summed E-state index contributed by atoms with van der Waals surface area (Å²) in [5, 5.41) is 11.2. The van der Waals surface area contributed by atoms with Gasteiger partial charge in [0.15, 0.2) is 0 Å². The smallest absolute Gasteiger partial charge is 0.631 e. The second-order valence-electron chi connectivity index (χ2n) is 4.53. The molecule has 0 aliphatic heterocycles. The van der Waals surface area contributed by atoms with Crippen LogP contribution in [0.1, 0.15) is 20.8 Å². The SMILES string of the molecule is CO/C=C(\[O-])O[Si](C)(C)C(C)(C)C.[Li+]. The molecular formula is C9H19LiO3Si. The van der Waals surface area contributed by atoms with E-state index in [0.29, 0.717) is 0 Å². The van der Waals surface area contributed by atoms with Crippen LogP contribution in [0.4, 0.5) is 0 Å². The van der Waals surface area contributed by atoms with Gasteiger partial charge >= 0.3 is 18.9 Å². The van der Waals surface area contributed by atoms with E-state index in [2.05, 4.69) is 25.5 Å². The van der Waals surface area contributed by atoms with Crippen LogP contribution in [0.5, 0.6) is 0 Å². The summed E-state index contributed by atoms with van der Waals surface area (Å²) in [6.07, 6.45) is 1.10. The molecule has 0 aromatic rings. The fourth-order valence-corrected chi connectivity index (χ4v) is 1.38. The summed E-state index contributed by atoms with van der Waals surface area (Å²) in [6.45, 7) is 10.3. The van der Waals surface area contributed by atoms with Crippen LogP contribution in [0.3, 0.4) is 0 Å². The molecular weight excluding hydrogens is 191 g/mol. The summed E-state index contributed by atoms with van der Waals surface area (Å²) >= 11 is 0. The molecule has 0 atom stereocenters. The maximum atomic E-state index is 11.1. The van der Waals surface area contributed by atoms with Crippen LogP contribution in [0.15, 0.2) is 12.2 Å². The van der Waals surface area contributed by atoms with Gasteiger partial charge < -0.3 is 14.3 Å². The molecule has 14 heavy (non-hydrogen) atoms. The van der Waals surface area contributed by atoms with Gasteiger partial charge in [0.25, 0.3) is 0 Å². The van der Waals surface area contributed by atoms with Gasteiger partial charge in [-0.3, -0.25) is 0 Å². The maximum Gasteiger partial charge on any atom is 1.00 e. The molecule has 0 rings (SSSR count). The van der Waals surface area contributed by atoms with Crippen molar-refractivity contribution >= 4 is 8.32 Å². The first-order chi connectivity index (χ1) is 5.70. The zero-order valence-electron chi connectivity index (χ0n) is 10.3. The molecule has 0 spiro atoms. The van der Waals surface area contributed by atoms with E-state index < -0.39 is 8.32 Å². The van der Waals surface area contributed by atoms with Crippen molar-refractivity contribution in [2.75, 3.05) is 7.11 Å². The minimum Gasteiger partial charge on any atom is -0.631 e. The Morgan fingerprint density at radius 3 is 2.00 bits per heavy atom. The van der Waals surface area contributed by atoms with E-state index in [1.807, 2.05) is 13.1 Å². The first-order valence-electron chi connectivity index (χ1n) is 4.29. The van der Waals surface area contributed by atoms with Gasteiger partial charge in [-0.15, -0.1) is 0 Å². The molecule has 0 N–H and O–H groups in total. The summed E-state index contributed by atoms with van der Waals surface area (Å²) in [5.41, 5.74) is 0. The third-order valence-corrected chi connectivity index (χ3v) is 6.70. The van der Waals surface area contributed by atoms with Crippen molar-refractivity contribution in [2.24, 2.45) is 0 Å². The molecule has 0 amide bonds. The molecule has 0 heterocycles. The van der Waals surface area contributed by atoms with Gasteiger partial charge in [-0.2, -0.15) is 0 Å². The van der Waals surface area contributed by atoms with E-state index in [4.69, 9.17) is 4.43 Å². The van der Waals surface area contributed by atoms with Crippen LogP contribution in [0.2, 0.25) is 18.1 Å². The molecule has 5 heteroatoms. The minimum atomic E-state index is -1.97. The Kier molecular flexibility index (Phi) is 6.72. The third kappa shape index (κ3) is 4.99. The average molecular weight is 210 g/mol. The van der Waals surface area contributed by atoms with E-state index in [1.165, 1.54) is 7.11 Å². The summed E-state index contributed by atoms with van der Waals surface area (Å²) in [4.78, 5) is 0. The predicted molar refractivity (Wildman–Crippen MR) is 53.4 cm³/mol. The molecule has 0 saturated carbocycles. The van der Waals surface area contributed by atoms with Crippen LogP contribution < -0.4 is 24.0 Å². The van der Waals surface area contributed by atoms with E-state index in [9.17, 15) is 5.11 Å². The molecule has 3 nitrogen and oxygen atoms in total. The van der Waals surface area contributed by atoms with Crippen LogP contribution in [-0.2, 0) is 9.16 Å². The molecule has 78 valence electrons. The second-order valence-corrected chi connectivity index (χ2v) is 9.26. The third-order valence-electron chi connectivity index (χ3n) is 2.38. The molecule has 0 radical (unpaired) electrons. The van der Waals surface area contributed by atoms with Crippen molar-refractivity contribution in [3.63, 3.8) is 0 Å². The zero-order chi connectivity index (χ0) is 10.7. The Hall–Kier alpha value is -0.0457. The molecule has 0 bridgehead atoms. The van der Waals surface area contributed by atoms with Crippen molar-refractivity contribution in [2.45, 2.75) is 38.9 Å². The monoisotopic (exact) mass is 210 g/mol. The van der Waals surface area contributed by atoms with Gasteiger partial charge in [-0.25, -0.2) is 0 Å². The normalized spacial score (nSPS) is 13.1. The van der Waals surface area contributed by atoms with E-state index >= 15 is 0 Å². The first kappa shape index (κ1) is 16.4. The van der Waals surface area contributed by atoms with Gasteiger partial charge in [0.1, 0.15) is 14.6 Å². The Morgan fingerprint density at radius 2 is 1.71 bits per heavy atom. The van der Waals surface area contributed by atoms with Gasteiger partial charge in [-0.1, -0.05) is 33.9 Å². The quantitative estimate of drug-likeness (QED) is 0.435.